The van der Waals surface area contributed by atoms with Crippen LogP contribution in [0.1, 0.15) is 63.7 Å². The van der Waals surface area contributed by atoms with Gasteiger partial charge in [0.05, 0.1) is 46.9 Å². The molecule has 1 aliphatic carbocycles. The van der Waals surface area contributed by atoms with Crippen molar-refractivity contribution in [3.8, 4) is 27.6 Å². The highest BCUT2D eigenvalue weighted by molar-refractivity contribution is 7.23. The van der Waals surface area contributed by atoms with Gasteiger partial charge in [-0.25, -0.2) is 18.2 Å². The van der Waals surface area contributed by atoms with Crippen molar-refractivity contribution in [2.24, 2.45) is 0 Å². The molecule has 0 saturated heterocycles. The number of pyridine rings is 2. The lowest BCUT2D eigenvalue weighted by Gasteiger charge is -2.18. The van der Waals surface area contributed by atoms with Crippen LogP contribution in [-0.4, -0.2) is 50.8 Å². The average molecular weight is 711 g/mol. The first-order valence-electron chi connectivity index (χ1n) is 16.8. The van der Waals surface area contributed by atoms with E-state index in [1.807, 2.05) is 19.1 Å². The van der Waals surface area contributed by atoms with E-state index in [0.29, 0.717) is 76.8 Å². The second kappa shape index (κ2) is 13.1. The molecule has 8 rings (SSSR count). The number of thiophene rings is 1. The number of aromatic nitrogens is 4. The van der Waals surface area contributed by atoms with E-state index in [2.05, 4.69) is 20.5 Å². The molecule has 6 aromatic rings. The molecule has 1 aliphatic heterocycles. The Morgan fingerprint density at radius 1 is 1.06 bits per heavy atom. The summed E-state index contributed by atoms with van der Waals surface area (Å²) in [4.78, 5) is 26.4. The van der Waals surface area contributed by atoms with Gasteiger partial charge >= 0.3 is 0 Å². The molecule has 9 nitrogen and oxygen atoms in total. The molecule has 2 aliphatic rings. The van der Waals surface area contributed by atoms with E-state index in [4.69, 9.17) is 14.1 Å². The number of methoxy groups -OCH3 is 1. The van der Waals surface area contributed by atoms with E-state index in [1.165, 1.54) is 36.6 Å². The average Bonchev–Trinajstić information content (AvgIpc) is 3.89. The summed E-state index contributed by atoms with van der Waals surface area (Å²) in [6, 6.07) is 12.3. The molecule has 1 N–H and O–H groups in total. The molecule has 1 amide bonds. The van der Waals surface area contributed by atoms with Crippen LogP contribution in [0.5, 0.6) is 5.75 Å². The summed E-state index contributed by atoms with van der Waals surface area (Å²) in [5.41, 5.74) is 5.08. The maximum absolute atomic E-state index is 15.6. The lowest BCUT2D eigenvalue weighted by Crippen LogP contribution is -2.24. The van der Waals surface area contributed by atoms with Crippen LogP contribution in [-0.2, 0) is 25.8 Å². The normalized spacial score (nSPS) is 16.6. The maximum Gasteiger partial charge on any atom is 0.256 e. The third-order valence-corrected chi connectivity index (χ3v) is 10.7. The SMILES string of the molecule is CCCN1Cc2nc(CCc3ccc(F)cc3)c(-c3nnc(C)o3)c(-c3cc4ccnc(NC5c6ccc(F)c(OC)c6CC5F)c4s3)c2C1=O. The van der Waals surface area contributed by atoms with E-state index in [1.54, 1.807) is 36.2 Å². The molecule has 4 aromatic heterocycles. The summed E-state index contributed by atoms with van der Waals surface area (Å²) in [5, 5.41) is 12.6. The zero-order valence-corrected chi connectivity index (χ0v) is 28.9. The first kappa shape index (κ1) is 32.9. The Morgan fingerprint density at radius 3 is 2.63 bits per heavy atom. The Bertz CT molecular complexity index is 2310. The fourth-order valence-electron chi connectivity index (χ4n) is 7.21. The minimum Gasteiger partial charge on any atom is -0.493 e. The topological polar surface area (TPSA) is 106 Å². The number of hydrogen-bond acceptors (Lipinski definition) is 9. The van der Waals surface area contributed by atoms with Gasteiger partial charge in [0.15, 0.2) is 11.6 Å². The van der Waals surface area contributed by atoms with E-state index in [0.717, 1.165) is 26.9 Å². The van der Waals surface area contributed by atoms with Crippen LogP contribution in [0.3, 0.4) is 0 Å². The number of ether oxygens (including phenoxy) is 1. The largest absolute Gasteiger partial charge is 0.493 e. The molecule has 2 unspecified atom stereocenters. The van der Waals surface area contributed by atoms with Crippen molar-refractivity contribution in [2.45, 2.75) is 58.3 Å². The number of anilines is 1. The van der Waals surface area contributed by atoms with E-state index in [9.17, 15) is 13.6 Å². The predicted octanol–water partition coefficient (Wildman–Crippen LogP) is 8.20. The van der Waals surface area contributed by atoms with Crippen molar-refractivity contribution in [3.63, 3.8) is 0 Å². The molecule has 0 saturated carbocycles. The number of halogens is 3. The number of alkyl halides is 1. The number of carbonyl (C=O) groups is 1. The molecule has 51 heavy (non-hydrogen) atoms. The zero-order valence-electron chi connectivity index (χ0n) is 28.1. The zero-order chi connectivity index (χ0) is 35.4. The number of carbonyl (C=O) groups excluding carboxylic acids is 1. The number of rotatable bonds is 10. The molecular weight excluding hydrogens is 678 g/mol. The number of hydrogen-bond donors (Lipinski definition) is 1. The minimum absolute atomic E-state index is 0.00673. The van der Waals surface area contributed by atoms with Crippen LogP contribution in [0.2, 0.25) is 0 Å². The first-order valence-corrected chi connectivity index (χ1v) is 17.6. The third kappa shape index (κ3) is 5.78. The monoisotopic (exact) mass is 710 g/mol. The van der Waals surface area contributed by atoms with Crippen LogP contribution in [0, 0.1) is 18.6 Å². The van der Waals surface area contributed by atoms with Gasteiger partial charge in [0.25, 0.3) is 5.91 Å². The number of nitrogens with zero attached hydrogens (tertiary/aromatic N) is 5. The van der Waals surface area contributed by atoms with Crippen molar-refractivity contribution in [2.75, 3.05) is 19.0 Å². The first-order chi connectivity index (χ1) is 24.7. The van der Waals surface area contributed by atoms with Gasteiger partial charge in [-0.2, -0.15) is 0 Å². The highest BCUT2D eigenvalue weighted by atomic mass is 32.1. The van der Waals surface area contributed by atoms with Crippen LogP contribution < -0.4 is 10.1 Å². The second-order valence-corrected chi connectivity index (χ2v) is 13.8. The number of aryl methyl sites for hydroxylation is 3. The van der Waals surface area contributed by atoms with Crippen molar-refractivity contribution in [3.05, 3.63) is 106 Å². The van der Waals surface area contributed by atoms with Crippen molar-refractivity contribution in [1.82, 2.24) is 25.1 Å². The summed E-state index contributed by atoms with van der Waals surface area (Å²) < 4.78 is 55.9. The van der Waals surface area contributed by atoms with Gasteiger partial charge in [-0.1, -0.05) is 25.1 Å². The Labute approximate surface area is 295 Å². The summed E-state index contributed by atoms with van der Waals surface area (Å²) in [6.07, 6.45) is 2.12. The quantitative estimate of drug-likeness (QED) is 0.152. The van der Waals surface area contributed by atoms with Crippen LogP contribution >= 0.6 is 11.3 Å². The lowest BCUT2D eigenvalue weighted by atomic mass is 9.94. The number of benzene rings is 2. The van der Waals surface area contributed by atoms with Crippen molar-refractivity contribution >= 4 is 33.1 Å². The number of fused-ring (bicyclic) bond motifs is 3. The maximum atomic E-state index is 15.6. The van der Waals surface area contributed by atoms with Crippen LogP contribution in [0.25, 0.3) is 32.0 Å². The van der Waals surface area contributed by atoms with Gasteiger partial charge < -0.3 is 19.4 Å². The van der Waals surface area contributed by atoms with Gasteiger partial charge in [0.1, 0.15) is 17.8 Å². The Kier molecular flexibility index (Phi) is 8.45. The van der Waals surface area contributed by atoms with Crippen LogP contribution in [0.15, 0.2) is 59.1 Å². The molecule has 260 valence electrons. The standard InChI is InChI=1S/C38H33F3N6O3S/c1-4-15-47-18-28-31(38(47)48)32(30(37-46-45-19(2)50-37)27(43-28)12-7-20-5-8-22(39)9-6-20)29-16-21-13-14-42-36(35(21)51-29)44-33-23-10-11-25(40)34(49-3)24(23)17-26(33)41/h5-6,8-11,13-14,16,26,33H,4,7,12,15,17-18H2,1-3H3,(H,42,44). The summed E-state index contributed by atoms with van der Waals surface area (Å²) in [6.45, 7) is 4.66. The van der Waals surface area contributed by atoms with Crippen molar-refractivity contribution in [1.29, 1.82) is 0 Å². The molecule has 5 heterocycles. The van der Waals surface area contributed by atoms with Gasteiger partial charge in [0, 0.05) is 42.1 Å². The smallest absolute Gasteiger partial charge is 0.256 e. The Morgan fingerprint density at radius 2 is 1.88 bits per heavy atom. The number of nitrogens with one attached hydrogen (secondary N) is 1. The molecule has 2 aromatic carbocycles. The van der Waals surface area contributed by atoms with E-state index >= 15 is 4.39 Å². The van der Waals surface area contributed by atoms with E-state index in [-0.39, 0.29) is 29.8 Å². The fraction of sp³-hybridized carbons (Fsp3) is 0.289. The fourth-order valence-corrected chi connectivity index (χ4v) is 8.38. The minimum atomic E-state index is -1.34. The molecule has 0 radical (unpaired) electrons. The number of amides is 1. The molecule has 0 spiro atoms. The summed E-state index contributed by atoms with van der Waals surface area (Å²) >= 11 is 1.41. The summed E-state index contributed by atoms with van der Waals surface area (Å²) in [5.74, 6) is 0.144. The van der Waals surface area contributed by atoms with Gasteiger partial charge in [-0.3, -0.25) is 9.78 Å². The Balaban J connectivity index is 1.27. The van der Waals surface area contributed by atoms with Gasteiger partial charge in [-0.05, 0) is 66.1 Å². The predicted molar refractivity (Wildman–Crippen MR) is 188 cm³/mol. The Hall–Kier alpha value is -5.30. The van der Waals surface area contributed by atoms with Gasteiger partial charge in [-0.15, -0.1) is 21.5 Å². The van der Waals surface area contributed by atoms with Crippen LogP contribution in [0.4, 0.5) is 19.0 Å². The molecular formula is C38H33F3N6O3S. The highest BCUT2D eigenvalue weighted by Crippen LogP contribution is 2.48. The second-order valence-electron chi connectivity index (χ2n) is 12.8. The lowest BCUT2D eigenvalue weighted by molar-refractivity contribution is 0.0778. The molecule has 0 bridgehead atoms. The highest BCUT2D eigenvalue weighted by Gasteiger charge is 2.38. The van der Waals surface area contributed by atoms with E-state index < -0.39 is 18.0 Å². The van der Waals surface area contributed by atoms with Crippen molar-refractivity contribution < 1.29 is 27.1 Å². The van der Waals surface area contributed by atoms with Gasteiger partial charge in [0.2, 0.25) is 11.8 Å². The molecule has 2 atom stereocenters. The summed E-state index contributed by atoms with van der Waals surface area (Å²) in [7, 11) is 1.38. The molecule has 13 heteroatoms. The third-order valence-electron chi connectivity index (χ3n) is 9.51. The molecule has 0 fully saturated rings.